The number of benzene rings is 1. The van der Waals surface area contributed by atoms with Crippen molar-refractivity contribution in [3.63, 3.8) is 0 Å². The predicted molar refractivity (Wildman–Crippen MR) is 90.0 cm³/mol. The van der Waals surface area contributed by atoms with Gasteiger partial charge in [0.1, 0.15) is 5.75 Å². The second-order valence-corrected chi connectivity index (χ2v) is 7.38. The van der Waals surface area contributed by atoms with Gasteiger partial charge in [0.05, 0.1) is 6.61 Å². The highest BCUT2D eigenvalue weighted by Gasteiger charge is 2.22. The van der Waals surface area contributed by atoms with Crippen molar-refractivity contribution >= 4 is 0 Å². The SMILES string of the molecule is CCCNC1CCCc2c(OCCC(C)(C)C)cccc21. The Bertz CT molecular complexity index is 447. The normalized spacial score (nSPS) is 18.4. The number of rotatable bonds is 6. The Morgan fingerprint density at radius 3 is 2.81 bits per heavy atom. The maximum absolute atomic E-state index is 6.11. The molecule has 2 rings (SSSR count). The molecule has 1 aromatic carbocycles. The molecule has 1 atom stereocenters. The van der Waals surface area contributed by atoms with E-state index in [9.17, 15) is 0 Å². The lowest BCUT2D eigenvalue weighted by Gasteiger charge is -2.28. The van der Waals surface area contributed by atoms with Gasteiger partial charge in [0.15, 0.2) is 0 Å². The smallest absolute Gasteiger partial charge is 0.122 e. The standard InChI is InChI=1S/C19H31NO/c1-5-13-20-17-10-6-9-16-15(17)8-7-11-18(16)21-14-12-19(2,3)4/h7-8,11,17,20H,5-6,9-10,12-14H2,1-4H3. The molecule has 1 unspecified atom stereocenters. The van der Waals surface area contributed by atoms with Gasteiger partial charge < -0.3 is 10.1 Å². The van der Waals surface area contributed by atoms with E-state index >= 15 is 0 Å². The van der Waals surface area contributed by atoms with Crippen LogP contribution in [-0.4, -0.2) is 13.2 Å². The fourth-order valence-corrected chi connectivity index (χ4v) is 2.95. The number of hydrogen-bond acceptors (Lipinski definition) is 2. The van der Waals surface area contributed by atoms with Crippen LogP contribution in [0.1, 0.15) is 70.5 Å². The third kappa shape index (κ3) is 4.74. The van der Waals surface area contributed by atoms with E-state index in [0.29, 0.717) is 11.5 Å². The van der Waals surface area contributed by atoms with E-state index < -0.39 is 0 Å². The zero-order valence-corrected chi connectivity index (χ0v) is 14.2. The molecule has 0 spiro atoms. The summed E-state index contributed by atoms with van der Waals surface area (Å²) in [6.45, 7) is 10.9. The molecule has 1 aliphatic rings. The molecule has 0 aliphatic heterocycles. The molecule has 0 aromatic heterocycles. The van der Waals surface area contributed by atoms with Crippen LogP contribution in [0, 0.1) is 5.41 Å². The molecule has 0 heterocycles. The summed E-state index contributed by atoms with van der Waals surface area (Å²) in [5.74, 6) is 1.11. The molecular weight excluding hydrogens is 258 g/mol. The highest BCUT2D eigenvalue weighted by Crippen LogP contribution is 2.35. The molecular formula is C19H31NO. The van der Waals surface area contributed by atoms with Crippen LogP contribution in [0.15, 0.2) is 18.2 Å². The minimum Gasteiger partial charge on any atom is -0.493 e. The first-order chi connectivity index (χ1) is 10.0. The monoisotopic (exact) mass is 289 g/mol. The second-order valence-electron chi connectivity index (χ2n) is 7.38. The van der Waals surface area contributed by atoms with E-state index in [1.165, 1.54) is 30.4 Å². The van der Waals surface area contributed by atoms with E-state index in [2.05, 4.69) is 51.2 Å². The van der Waals surface area contributed by atoms with E-state index in [1.807, 2.05) is 0 Å². The van der Waals surface area contributed by atoms with Gasteiger partial charge in [-0.3, -0.25) is 0 Å². The third-order valence-corrected chi connectivity index (χ3v) is 4.21. The maximum atomic E-state index is 6.11. The van der Waals surface area contributed by atoms with Gasteiger partial charge in [0, 0.05) is 6.04 Å². The van der Waals surface area contributed by atoms with Crippen molar-refractivity contribution in [1.82, 2.24) is 5.32 Å². The van der Waals surface area contributed by atoms with Crippen LogP contribution in [0.5, 0.6) is 5.75 Å². The van der Waals surface area contributed by atoms with Gasteiger partial charge in [-0.1, -0.05) is 39.8 Å². The second kappa shape index (κ2) is 7.31. The first-order valence-electron chi connectivity index (χ1n) is 8.49. The van der Waals surface area contributed by atoms with Crippen LogP contribution in [0.25, 0.3) is 0 Å². The van der Waals surface area contributed by atoms with Crippen molar-refractivity contribution in [3.8, 4) is 5.75 Å². The lowest BCUT2D eigenvalue weighted by Crippen LogP contribution is -2.26. The topological polar surface area (TPSA) is 21.3 Å². The molecule has 0 saturated heterocycles. The Hall–Kier alpha value is -1.02. The lowest BCUT2D eigenvalue weighted by molar-refractivity contribution is 0.240. The fraction of sp³-hybridized carbons (Fsp3) is 0.684. The fourth-order valence-electron chi connectivity index (χ4n) is 2.95. The molecule has 2 heteroatoms. The van der Waals surface area contributed by atoms with Gasteiger partial charge in [-0.15, -0.1) is 0 Å². The molecule has 0 fully saturated rings. The first kappa shape index (κ1) is 16.4. The van der Waals surface area contributed by atoms with Gasteiger partial charge in [0.2, 0.25) is 0 Å². The average Bonchev–Trinajstić information content (AvgIpc) is 2.44. The minimum absolute atomic E-state index is 0.333. The van der Waals surface area contributed by atoms with E-state index in [0.717, 1.165) is 31.7 Å². The average molecular weight is 289 g/mol. The summed E-state index contributed by atoms with van der Waals surface area (Å²) in [6.07, 6.45) is 5.94. The maximum Gasteiger partial charge on any atom is 0.122 e. The van der Waals surface area contributed by atoms with Crippen LogP contribution < -0.4 is 10.1 Å². The summed E-state index contributed by atoms with van der Waals surface area (Å²) in [4.78, 5) is 0. The Morgan fingerprint density at radius 2 is 2.10 bits per heavy atom. The molecule has 0 saturated carbocycles. The lowest BCUT2D eigenvalue weighted by atomic mass is 9.87. The summed E-state index contributed by atoms with van der Waals surface area (Å²) in [5.41, 5.74) is 3.23. The van der Waals surface area contributed by atoms with Crippen molar-refractivity contribution < 1.29 is 4.74 Å². The largest absolute Gasteiger partial charge is 0.493 e. The Labute approximate surface area is 130 Å². The van der Waals surface area contributed by atoms with Crippen LogP contribution in [0.4, 0.5) is 0 Å². The molecule has 0 radical (unpaired) electrons. The van der Waals surface area contributed by atoms with Crippen LogP contribution in [0.3, 0.4) is 0 Å². The highest BCUT2D eigenvalue weighted by atomic mass is 16.5. The van der Waals surface area contributed by atoms with Crippen molar-refractivity contribution in [3.05, 3.63) is 29.3 Å². The Kier molecular flexibility index (Phi) is 5.69. The van der Waals surface area contributed by atoms with Gasteiger partial charge in [-0.25, -0.2) is 0 Å². The van der Waals surface area contributed by atoms with Crippen molar-refractivity contribution in [2.24, 2.45) is 5.41 Å². The molecule has 1 aliphatic carbocycles. The van der Waals surface area contributed by atoms with Crippen molar-refractivity contribution in [1.29, 1.82) is 0 Å². The van der Waals surface area contributed by atoms with E-state index in [4.69, 9.17) is 4.74 Å². The van der Waals surface area contributed by atoms with Gasteiger partial charge >= 0.3 is 0 Å². The molecule has 1 aromatic rings. The van der Waals surface area contributed by atoms with Crippen LogP contribution in [0.2, 0.25) is 0 Å². The molecule has 2 nitrogen and oxygen atoms in total. The summed E-state index contributed by atoms with van der Waals surface area (Å²) in [6, 6.07) is 7.08. The molecule has 21 heavy (non-hydrogen) atoms. The highest BCUT2D eigenvalue weighted by molar-refractivity contribution is 5.43. The Balaban J connectivity index is 2.06. The van der Waals surface area contributed by atoms with E-state index in [1.54, 1.807) is 0 Å². The summed E-state index contributed by atoms with van der Waals surface area (Å²) < 4.78 is 6.11. The quantitative estimate of drug-likeness (QED) is 0.806. The number of hydrogen-bond donors (Lipinski definition) is 1. The molecule has 118 valence electrons. The van der Waals surface area contributed by atoms with Crippen LogP contribution >= 0.6 is 0 Å². The first-order valence-corrected chi connectivity index (χ1v) is 8.49. The molecule has 1 N–H and O–H groups in total. The summed E-state index contributed by atoms with van der Waals surface area (Å²) >= 11 is 0. The van der Waals surface area contributed by atoms with Crippen molar-refractivity contribution in [2.75, 3.05) is 13.2 Å². The van der Waals surface area contributed by atoms with Gasteiger partial charge in [-0.05, 0) is 61.3 Å². The predicted octanol–water partition coefficient (Wildman–Crippen LogP) is 4.88. The van der Waals surface area contributed by atoms with Gasteiger partial charge in [0.25, 0.3) is 0 Å². The van der Waals surface area contributed by atoms with Crippen molar-refractivity contribution in [2.45, 2.75) is 65.8 Å². The minimum atomic E-state index is 0.333. The number of fused-ring (bicyclic) bond motifs is 1. The zero-order valence-electron chi connectivity index (χ0n) is 14.2. The van der Waals surface area contributed by atoms with E-state index in [-0.39, 0.29) is 0 Å². The van der Waals surface area contributed by atoms with Crippen LogP contribution in [-0.2, 0) is 6.42 Å². The summed E-state index contributed by atoms with van der Waals surface area (Å²) in [5, 5.41) is 3.68. The summed E-state index contributed by atoms with van der Waals surface area (Å²) in [7, 11) is 0. The Morgan fingerprint density at radius 1 is 1.29 bits per heavy atom. The van der Waals surface area contributed by atoms with Gasteiger partial charge in [-0.2, -0.15) is 0 Å². The molecule has 0 amide bonds. The molecule has 0 bridgehead atoms. The number of nitrogens with one attached hydrogen (secondary N) is 1. The zero-order chi connectivity index (χ0) is 15.3. The third-order valence-electron chi connectivity index (χ3n) is 4.21. The number of ether oxygens (including phenoxy) is 1.